The molecule has 1 fully saturated rings. The van der Waals surface area contributed by atoms with Crippen LogP contribution in [0.3, 0.4) is 0 Å². The predicted molar refractivity (Wildman–Crippen MR) is 128 cm³/mol. The number of sulfonamides is 1. The number of nitrogens with one attached hydrogen (secondary N) is 1. The van der Waals surface area contributed by atoms with Gasteiger partial charge < -0.3 is 15.4 Å². The van der Waals surface area contributed by atoms with Gasteiger partial charge in [0.1, 0.15) is 11.9 Å². The van der Waals surface area contributed by atoms with Gasteiger partial charge in [-0.1, -0.05) is 17.7 Å². The van der Waals surface area contributed by atoms with Crippen LogP contribution in [0, 0.1) is 11.7 Å². The standard InChI is InChI=1S/C21H23ClFN5O4S2/c1-32-21(29)17-16-8-12(10-26-34(30,31)7-4-24)11-28(16)19(20-25-5-6-33-20)27-18(17)14-3-2-13(23)9-15(14)22/h2-3,5-6,9,12,18,26H,4,7-8,10-11,24H2,1H3/t12?,18-/m0/s1. The van der Waals surface area contributed by atoms with Gasteiger partial charge in [0.15, 0.2) is 10.8 Å². The third-order valence-corrected chi connectivity index (χ3v) is 8.08. The molecule has 3 N–H and O–H groups in total. The van der Waals surface area contributed by atoms with E-state index in [1.54, 1.807) is 6.20 Å². The molecular formula is C21H23ClFN5O4S2. The highest BCUT2D eigenvalue weighted by Crippen LogP contribution is 2.43. The molecular weight excluding hydrogens is 505 g/mol. The smallest absolute Gasteiger partial charge is 0.338 e. The van der Waals surface area contributed by atoms with Crippen molar-refractivity contribution in [2.24, 2.45) is 16.6 Å². The zero-order valence-corrected chi connectivity index (χ0v) is 20.6. The average Bonchev–Trinajstić information content (AvgIpc) is 3.46. The molecule has 3 heterocycles. The third-order valence-electron chi connectivity index (χ3n) is 5.60. The number of nitrogens with zero attached hydrogens (tertiary/aromatic N) is 3. The molecule has 1 aromatic carbocycles. The molecule has 1 aromatic heterocycles. The molecule has 1 saturated heterocycles. The van der Waals surface area contributed by atoms with Crippen LogP contribution in [0.2, 0.25) is 5.02 Å². The molecule has 34 heavy (non-hydrogen) atoms. The Morgan fingerprint density at radius 1 is 1.44 bits per heavy atom. The molecule has 4 rings (SSSR count). The third kappa shape index (κ3) is 5.01. The normalized spacial score (nSPS) is 20.4. The number of methoxy groups -OCH3 is 1. The summed E-state index contributed by atoms with van der Waals surface area (Å²) in [7, 11) is -2.23. The van der Waals surface area contributed by atoms with Crippen molar-refractivity contribution in [1.29, 1.82) is 0 Å². The zero-order valence-electron chi connectivity index (χ0n) is 18.2. The molecule has 2 aliphatic heterocycles. The quantitative estimate of drug-likeness (QED) is 0.503. The van der Waals surface area contributed by atoms with Crippen molar-refractivity contribution >= 4 is 44.8 Å². The van der Waals surface area contributed by atoms with Crippen LogP contribution in [0.25, 0.3) is 0 Å². The molecule has 2 atom stereocenters. The number of carbonyl (C=O) groups is 1. The summed E-state index contributed by atoms with van der Waals surface area (Å²) >= 11 is 7.73. The van der Waals surface area contributed by atoms with E-state index in [9.17, 15) is 17.6 Å². The number of aromatic nitrogens is 1. The number of esters is 1. The van der Waals surface area contributed by atoms with Crippen LogP contribution < -0.4 is 10.5 Å². The topological polar surface area (TPSA) is 127 Å². The summed E-state index contributed by atoms with van der Waals surface area (Å²) in [5.41, 5.74) is 6.77. The van der Waals surface area contributed by atoms with E-state index in [-0.39, 0.29) is 35.4 Å². The van der Waals surface area contributed by atoms with Crippen molar-refractivity contribution in [3.8, 4) is 0 Å². The van der Waals surface area contributed by atoms with Crippen LogP contribution in [0.4, 0.5) is 4.39 Å². The van der Waals surface area contributed by atoms with Gasteiger partial charge in [0.25, 0.3) is 0 Å². The first-order chi connectivity index (χ1) is 16.2. The first-order valence-corrected chi connectivity index (χ1v) is 13.3. The number of halogens is 2. The number of thiazole rings is 1. The first kappa shape index (κ1) is 24.7. The van der Waals surface area contributed by atoms with Crippen LogP contribution in [-0.4, -0.2) is 62.6 Å². The minimum absolute atomic E-state index is 0.0186. The van der Waals surface area contributed by atoms with Gasteiger partial charge in [-0.2, -0.15) is 0 Å². The SMILES string of the molecule is COC(=O)C1=C2CC(CNS(=O)(=O)CCN)CN2C(c2nccs2)=N[C@H]1c1ccc(F)cc1Cl. The van der Waals surface area contributed by atoms with Crippen molar-refractivity contribution in [3.63, 3.8) is 0 Å². The number of carbonyl (C=O) groups excluding carboxylic acids is 1. The highest BCUT2D eigenvalue weighted by atomic mass is 35.5. The summed E-state index contributed by atoms with van der Waals surface area (Å²) < 4.78 is 45.6. The fraction of sp³-hybridized carbons (Fsp3) is 0.381. The van der Waals surface area contributed by atoms with Crippen LogP contribution in [-0.2, 0) is 19.6 Å². The molecule has 0 saturated carbocycles. The van der Waals surface area contributed by atoms with Gasteiger partial charge in [0.05, 0.1) is 18.4 Å². The maximum absolute atomic E-state index is 13.7. The first-order valence-electron chi connectivity index (χ1n) is 10.4. The molecule has 0 amide bonds. The summed E-state index contributed by atoms with van der Waals surface area (Å²) in [4.78, 5) is 24.0. The van der Waals surface area contributed by atoms with Crippen molar-refractivity contribution in [1.82, 2.24) is 14.6 Å². The Labute approximate surface area is 205 Å². The number of ether oxygens (including phenoxy) is 1. The molecule has 0 aliphatic carbocycles. The minimum Gasteiger partial charge on any atom is -0.466 e. The Bertz CT molecular complexity index is 1250. The second-order valence-corrected chi connectivity index (χ2v) is 11.1. The second kappa shape index (κ2) is 10.1. The molecule has 0 bridgehead atoms. The van der Waals surface area contributed by atoms with Crippen LogP contribution in [0.15, 0.2) is 46.0 Å². The number of hydrogen-bond donors (Lipinski definition) is 2. The van der Waals surface area contributed by atoms with Gasteiger partial charge >= 0.3 is 5.97 Å². The highest BCUT2D eigenvalue weighted by molar-refractivity contribution is 7.89. The lowest BCUT2D eigenvalue weighted by atomic mass is 9.94. The number of rotatable bonds is 8. The lowest BCUT2D eigenvalue weighted by Crippen LogP contribution is -2.37. The van der Waals surface area contributed by atoms with E-state index < -0.39 is 27.9 Å². The lowest BCUT2D eigenvalue weighted by molar-refractivity contribution is -0.136. The van der Waals surface area contributed by atoms with Gasteiger partial charge in [0.2, 0.25) is 10.0 Å². The Morgan fingerprint density at radius 3 is 2.88 bits per heavy atom. The Kier molecular flexibility index (Phi) is 7.33. The molecule has 13 heteroatoms. The van der Waals surface area contributed by atoms with Crippen LogP contribution in [0.5, 0.6) is 0 Å². The number of aliphatic imine (C=N–C) groups is 1. The van der Waals surface area contributed by atoms with Crippen LogP contribution >= 0.6 is 22.9 Å². The summed E-state index contributed by atoms with van der Waals surface area (Å²) in [5.74, 6) is -0.869. The van der Waals surface area contributed by atoms with Gasteiger partial charge in [-0.05, 0) is 24.5 Å². The molecule has 9 nitrogen and oxygen atoms in total. The highest BCUT2D eigenvalue weighted by Gasteiger charge is 2.42. The van der Waals surface area contributed by atoms with Gasteiger partial charge in [-0.15, -0.1) is 11.3 Å². The number of nitrogens with two attached hydrogens (primary N) is 1. The largest absolute Gasteiger partial charge is 0.466 e. The fourth-order valence-corrected chi connectivity index (χ4v) is 5.96. The van der Waals surface area contributed by atoms with E-state index in [1.807, 2.05) is 10.3 Å². The molecule has 2 aliphatic rings. The maximum Gasteiger partial charge on any atom is 0.338 e. The van der Waals surface area contributed by atoms with Gasteiger partial charge in [-0.25, -0.2) is 27.3 Å². The molecule has 0 radical (unpaired) electrons. The average molecular weight is 528 g/mol. The van der Waals surface area contributed by atoms with Crippen LogP contribution in [0.1, 0.15) is 23.0 Å². The zero-order chi connectivity index (χ0) is 24.5. The van der Waals surface area contributed by atoms with Gasteiger partial charge in [0, 0.05) is 47.5 Å². The van der Waals surface area contributed by atoms with E-state index in [2.05, 4.69) is 9.71 Å². The van der Waals surface area contributed by atoms with E-state index in [0.717, 1.165) is 0 Å². The fourth-order valence-electron chi connectivity index (χ4n) is 4.10. The lowest BCUT2D eigenvalue weighted by Gasteiger charge is -2.31. The monoisotopic (exact) mass is 527 g/mol. The number of benzene rings is 1. The molecule has 1 unspecified atom stereocenters. The van der Waals surface area contributed by atoms with E-state index in [4.69, 9.17) is 27.1 Å². The van der Waals surface area contributed by atoms with E-state index >= 15 is 0 Å². The summed E-state index contributed by atoms with van der Waals surface area (Å²) in [6.45, 7) is 0.609. The Hall–Kier alpha value is -2.38. The van der Waals surface area contributed by atoms with Crippen molar-refractivity contribution in [2.45, 2.75) is 12.5 Å². The van der Waals surface area contributed by atoms with Gasteiger partial charge in [-0.3, -0.25) is 4.99 Å². The maximum atomic E-state index is 13.7. The second-order valence-electron chi connectivity index (χ2n) is 7.85. The van der Waals surface area contributed by atoms with Crippen molar-refractivity contribution in [2.75, 3.05) is 32.5 Å². The predicted octanol–water partition coefficient (Wildman–Crippen LogP) is 2.06. The summed E-state index contributed by atoms with van der Waals surface area (Å²) in [5, 5.41) is 2.58. The van der Waals surface area contributed by atoms with E-state index in [1.165, 1.54) is 36.6 Å². The number of amidine groups is 1. The molecule has 2 aromatic rings. The van der Waals surface area contributed by atoms with E-state index in [0.29, 0.717) is 35.1 Å². The Balaban J connectivity index is 1.78. The molecule has 0 spiro atoms. The van der Waals surface area contributed by atoms with Crippen molar-refractivity contribution < 1.29 is 22.3 Å². The summed E-state index contributed by atoms with van der Waals surface area (Å²) in [6, 6.07) is 3.09. The van der Waals surface area contributed by atoms with Crippen molar-refractivity contribution in [3.05, 3.63) is 62.5 Å². The summed E-state index contributed by atoms with van der Waals surface area (Å²) in [6.07, 6.45) is 2.05. The number of fused-ring (bicyclic) bond motifs is 1. The molecule has 182 valence electrons. The number of hydrogen-bond acceptors (Lipinski definition) is 9. The Morgan fingerprint density at radius 2 is 2.24 bits per heavy atom. The number of allylic oxidation sites excluding steroid dienone is 1. The minimum atomic E-state index is -3.50.